The van der Waals surface area contributed by atoms with Crippen molar-refractivity contribution in [1.29, 1.82) is 0 Å². The van der Waals surface area contributed by atoms with Crippen LogP contribution in [-0.2, 0) is 6.42 Å². The Morgan fingerprint density at radius 2 is 1.80 bits per heavy atom. The number of nitrogens with two attached hydrogens (primary N) is 1. The summed E-state index contributed by atoms with van der Waals surface area (Å²) in [5.74, 6) is 0. The van der Waals surface area contributed by atoms with Crippen LogP contribution in [0.1, 0.15) is 44.6 Å². The van der Waals surface area contributed by atoms with Gasteiger partial charge in [-0.2, -0.15) is 0 Å². The Bertz CT molecular complexity index is 243. The van der Waals surface area contributed by atoms with E-state index in [-0.39, 0.29) is 0 Å². The van der Waals surface area contributed by atoms with E-state index in [0.717, 1.165) is 6.42 Å². The van der Waals surface area contributed by atoms with Crippen molar-refractivity contribution in [2.75, 3.05) is 0 Å². The van der Waals surface area contributed by atoms with Gasteiger partial charge in [0.25, 0.3) is 0 Å². The number of aryl methyl sites for hydroxylation is 1. The van der Waals surface area contributed by atoms with Gasteiger partial charge in [-0.05, 0) is 31.2 Å². The molecular weight excluding hydrogens is 182 g/mol. The number of benzene rings is 1. The maximum atomic E-state index is 5.87. The largest absolute Gasteiger partial charge is 0.328 e. The molecule has 0 spiro atoms. The van der Waals surface area contributed by atoms with Crippen LogP contribution in [0.5, 0.6) is 0 Å². The Morgan fingerprint density at radius 1 is 1.07 bits per heavy atom. The minimum atomic E-state index is 0.418. The number of rotatable bonds is 7. The van der Waals surface area contributed by atoms with Crippen LogP contribution < -0.4 is 5.73 Å². The topological polar surface area (TPSA) is 26.0 Å². The van der Waals surface area contributed by atoms with E-state index in [0.29, 0.717) is 6.04 Å². The highest BCUT2D eigenvalue weighted by molar-refractivity contribution is 5.14. The lowest BCUT2D eigenvalue weighted by Gasteiger charge is -2.07. The smallest absolute Gasteiger partial charge is 0.00362 e. The summed E-state index contributed by atoms with van der Waals surface area (Å²) in [5.41, 5.74) is 7.32. The fraction of sp³-hybridized carbons (Fsp3) is 0.571. The summed E-state index contributed by atoms with van der Waals surface area (Å²) in [6, 6.07) is 11.1. The molecule has 0 aliphatic heterocycles. The Kier molecular flexibility index (Phi) is 6.10. The van der Waals surface area contributed by atoms with E-state index < -0.39 is 0 Å². The van der Waals surface area contributed by atoms with Gasteiger partial charge < -0.3 is 5.73 Å². The molecule has 1 unspecified atom stereocenters. The average Bonchev–Trinajstić information content (AvgIpc) is 2.29. The Morgan fingerprint density at radius 3 is 2.47 bits per heavy atom. The van der Waals surface area contributed by atoms with Crippen molar-refractivity contribution < 1.29 is 0 Å². The predicted octanol–water partition coefficient (Wildman–Crippen LogP) is 3.53. The molecule has 84 valence electrons. The number of unbranched alkanes of at least 4 members (excludes halogenated alkanes) is 2. The highest BCUT2D eigenvalue weighted by Gasteiger charge is 1.98. The summed E-state index contributed by atoms with van der Waals surface area (Å²) in [7, 11) is 0. The average molecular weight is 205 g/mol. The van der Waals surface area contributed by atoms with Crippen molar-refractivity contribution in [2.45, 2.75) is 51.5 Å². The summed E-state index contributed by atoms with van der Waals surface area (Å²) < 4.78 is 0. The second-order valence-corrected chi connectivity index (χ2v) is 4.25. The zero-order valence-electron chi connectivity index (χ0n) is 9.78. The molecule has 0 aliphatic rings. The van der Waals surface area contributed by atoms with Crippen molar-refractivity contribution in [2.24, 2.45) is 5.73 Å². The first-order valence-corrected chi connectivity index (χ1v) is 6.12. The van der Waals surface area contributed by atoms with E-state index in [1.54, 1.807) is 0 Å². The van der Waals surface area contributed by atoms with E-state index in [1.165, 1.54) is 37.7 Å². The van der Waals surface area contributed by atoms with Gasteiger partial charge in [0.1, 0.15) is 0 Å². The molecular formula is C14H23N. The maximum absolute atomic E-state index is 5.87. The van der Waals surface area contributed by atoms with E-state index >= 15 is 0 Å². The summed E-state index contributed by atoms with van der Waals surface area (Å²) >= 11 is 0. The number of hydrogen-bond donors (Lipinski definition) is 1. The quantitative estimate of drug-likeness (QED) is 0.677. The molecule has 1 heteroatoms. The minimum absolute atomic E-state index is 0.418. The van der Waals surface area contributed by atoms with Gasteiger partial charge in [0.2, 0.25) is 0 Å². The molecule has 0 radical (unpaired) electrons. The Labute approximate surface area is 93.7 Å². The van der Waals surface area contributed by atoms with Crippen LogP contribution in [-0.4, -0.2) is 6.04 Å². The third-order valence-electron chi connectivity index (χ3n) is 2.91. The third kappa shape index (κ3) is 5.58. The van der Waals surface area contributed by atoms with Gasteiger partial charge in [0, 0.05) is 6.04 Å². The molecule has 0 amide bonds. The first-order chi connectivity index (χ1) is 7.33. The zero-order chi connectivity index (χ0) is 10.9. The fourth-order valence-electron chi connectivity index (χ4n) is 1.76. The van der Waals surface area contributed by atoms with Crippen LogP contribution in [0.2, 0.25) is 0 Å². The van der Waals surface area contributed by atoms with Crippen molar-refractivity contribution >= 4 is 0 Å². The molecule has 0 saturated heterocycles. The normalized spacial score (nSPS) is 12.7. The summed E-state index contributed by atoms with van der Waals surface area (Å²) in [4.78, 5) is 0. The van der Waals surface area contributed by atoms with Crippen molar-refractivity contribution in [3.05, 3.63) is 35.9 Å². The second kappa shape index (κ2) is 7.47. The molecule has 0 heterocycles. The predicted molar refractivity (Wildman–Crippen MR) is 66.9 cm³/mol. The lowest BCUT2D eigenvalue weighted by Crippen LogP contribution is -2.17. The van der Waals surface area contributed by atoms with Crippen LogP contribution in [0.25, 0.3) is 0 Å². The molecule has 15 heavy (non-hydrogen) atoms. The van der Waals surface area contributed by atoms with Gasteiger partial charge >= 0.3 is 0 Å². The molecule has 0 saturated carbocycles. The highest BCUT2D eigenvalue weighted by Crippen LogP contribution is 2.09. The number of hydrogen-bond acceptors (Lipinski definition) is 1. The maximum Gasteiger partial charge on any atom is 0.00362 e. The lowest BCUT2D eigenvalue weighted by atomic mass is 10.0. The Hall–Kier alpha value is -0.820. The van der Waals surface area contributed by atoms with Crippen LogP contribution in [0, 0.1) is 0 Å². The van der Waals surface area contributed by atoms with Gasteiger partial charge in [0.05, 0.1) is 0 Å². The summed E-state index contributed by atoms with van der Waals surface area (Å²) in [6.45, 7) is 2.16. The van der Waals surface area contributed by atoms with E-state index in [1.807, 2.05) is 0 Å². The van der Waals surface area contributed by atoms with Gasteiger partial charge in [-0.15, -0.1) is 0 Å². The van der Waals surface area contributed by atoms with Crippen molar-refractivity contribution in [3.63, 3.8) is 0 Å². The standard InChI is InChI=1S/C14H23N/c1-2-14(15)12-8-4-7-11-13-9-5-3-6-10-13/h3,5-6,9-10,14H,2,4,7-8,11-12,15H2,1H3. The molecule has 0 aliphatic carbocycles. The Balaban J connectivity index is 2.03. The second-order valence-electron chi connectivity index (χ2n) is 4.25. The minimum Gasteiger partial charge on any atom is -0.328 e. The van der Waals surface area contributed by atoms with Crippen LogP contribution in [0.3, 0.4) is 0 Å². The van der Waals surface area contributed by atoms with Crippen LogP contribution >= 0.6 is 0 Å². The van der Waals surface area contributed by atoms with E-state index in [9.17, 15) is 0 Å². The van der Waals surface area contributed by atoms with E-state index in [2.05, 4.69) is 37.3 Å². The van der Waals surface area contributed by atoms with Crippen LogP contribution in [0.4, 0.5) is 0 Å². The van der Waals surface area contributed by atoms with Gasteiger partial charge in [0.15, 0.2) is 0 Å². The van der Waals surface area contributed by atoms with Crippen LogP contribution in [0.15, 0.2) is 30.3 Å². The van der Waals surface area contributed by atoms with Gasteiger partial charge in [-0.25, -0.2) is 0 Å². The fourth-order valence-corrected chi connectivity index (χ4v) is 1.76. The lowest BCUT2D eigenvalue weighted by molar-refractivity contribution is 0.540. The van der Waals surface area contributed by atoms with Crippen molar-refractivity contribution in [3.8, 4) is 0 Å². The molecule has 0 fully saturated rings. The molecule has 0 bridgehead atoms. The summed E-state index contributed by atoms with van der Waals surface area (Å²) in [6.07, 6.45) is 7.39. The molecule has 1 nitrogen and oxygen atoms in total. The highest BCUT2D eigenvalue weighted by atomic mass is 14.6. The monoisotopic (exact) mass is 205 g/mol. The van der Waals surface area contributed by atoms with E-state index in [4.69, 9.17) is 5.73 Å². The van der Waals surface area contributed by atoms with Crippen molar-refractivity contribution in [1.82, 2.24) is 0 Å². The molecule has 1 rings (SSSR count). The SMILES string of the molecule is CCC(N)CCCCCc1ccccc1. The molecule has 1 atom stereocenters. The summed E-state index contributed by atoms with van der Waals surface area (Å²) in [5, 5.41) is 0. The third-order valence-corrected chi connectivity index (χ3v) is 2.91. The molecule has 1 aromatic rings. The van der Waals surface area contributed by atoms with Gasteiger partial charge in [-0.1, -0.05) is 50.1 Å². The first kappa shape index (κ1) is 12.3. The molecule has 0 aromatic heterocycles. The molecule has 2 N–H and O–H groups in total. The zero-order valence-corrected chi connectivity index (χ0v) is 9.78. The first-order valence-electron chi connectivity index (χ1n) is 6.12. The molecule has 1 aromatic carbocycles. The van der Waals surface area contributed by atoms with Gasteiger partial charge in [-0.3, -0.25) is 0 Å².